The number of esters is 1. The highest BCUT2D eigenvalue weighted by molar-refractivity contribution is 5.92. The Kier molecular flexibility index (Phi) is 7.69. The fourth-order valence-electron chi connectivity index (χ4n) is 3.34. The first-order valence-corrected chi connectivity index (χ1v) is 11.0. The molecular formula is C27H21N3O7. The molecule has 10 heteroatoms. The molecule has 4 aromatic carbocycles. The first kappa shape index (κ1) is 24.9. The van der Waals surface area contributed by atoms with E-state index in [-0.39, 0.29) is 29.4 Å². The van der Waals surface area contributed by atoms with Crippen molar-refractivity contribution in [3.05, 3.63) is 106 Å². The van der Waals surface area contributed by atoms with E-state index in [1.165, 1.54) is 43.7 Å². The number of benzene rings is 4. The number of methoxy groups -OCH3 is 1. The largest absolute Gasteiger partial charge is 0.493 e. The highest BCUT2D eigenvalue weighted by Crippen LogP contribution is 2.28. The van der Waals surface area contributed by atoms with Crippen LogP contribution in [0.3, 0.4) is 0 Å². The van der Waals surface area contributed by atoms with Gasteiger partial charge >= 0.3 is 5.97 Å². The summed E-state index contributed by atoms with van der Waals surface area (Å²) in [5, 5.41) is 16.8. The zero-order chi connectivity index (χ0) is 26.2. The highest BCUT2D eigenvalue weighted by Gasteiger charge is 2.14. The number of fused-ring (bicyclic) bond motifs is 1. The number of rotatable bonds is 9. The van der Waals surface area contributed by atoms with Crippen molar-refractivity contribution in [3.8, 4) is 17.2 Å². The summed E-state index contributed by atoms with van der Waals surface area (Å²) in [5.41, 5.74) is 2.97. The second-order valence-corrected chi connectivity index (χ2v) is 7.69. The number of hydrazone groups is 1. The molecule has 0 aliphatic rings. The van der Waals surface area contributed by atoms with Gasteiger partial charge in [0.05, 0.1) is 23.8 Å². The predicted octanol–water partition coefficient (Wildman–Crippen LogP) is 4.50. The molecule has 0 aliphatic heterocycles. The lowest BCUT2D eigenvalue weighted by molar-refractivity contribution is -0.384. The van der Waals surface area contributed by atoms with Gasteiger partial charge in [0.25, 0.3) is 11.6 Å². The van der Waals surface area contributed by atoms with E-state index in [1.54, 1.807) is 18.2 Å². The van der Waals surface area contributed by atoms with Crippen LogP contribution in [0.2, 0.25) is 0 Å². The van der Waals surface area contributed by atoms with Crippen molar-refractivity contribution in [1.82, 2.24) is 5.43 Å². The van der Waals surface area contributed by atoms with Gasteiger partial charge in [0.1, 0.15) is 5.75 Å². The molecule has 1 N–H and O–H groups in total. The monoisotopic (exact) mass is 499 g/mol. The lowest BCUT2D eigenvalue weighted by Crippen LogP contribution is -2.24. The molecule has 4 aromatic rings. The van der Waals surface area contributed by atoms with E-state index in [0.29, 0.717) is 11.3 Å². The third kappa shape index (κ3) is 6.45. The summed E-state index contributed by atoms with van der Waals surface area (Å²) in [6.45, 7) is -0.212. The average molecular weight is 499 g/mol. The number of nitro groups is 1. The van der Waals surface area contributed by atoms with Gasteiger partial charge in [-0.25, -0.2) is 10.2 Å². The molecule has 0 fully saturated rings. The fraction of sp³-hybridized carbons (Fsp3) is 0.0741. The minimum atomic E-state index is -0.701. The van der Waals surface area contributed by atoms with Crippen LogP contribution in [0, 0.1) is 10.1 Å². The zero-order valence-corrected chi connectivity index (χ0v) is 19.6. The van der Waals surface area contributed by atoms with Gasteiger partial charge in [0.2, 0.25) is 0 Å². The summed E-state index contributed by atoms with van der Waals surface area (Å²) in [7, 11) is 1.41. The van der Waals surface area contributed by atoms with Crippen molar-refractivity contribution in [2.45, 2.75) is 0 Å². The molecule has 0 aromatic heterocycles. The lowest BCUT2D eigenvalue weighted by Gasteiger charge is -2.10. The van der Waals surface area contributed by atoms with Gasteiger partial charge in [-0.05, 0) is 58.8 Å². The molecular weight excluding hydrogens is 478 g/mol. The van der Waals surface area contributed by atoms with E-state index < -0.39 is 16.8 Å². The van der Waals surface area contributed by atoms with Crippen LogP contribution < -0.4 is 19.6 Å². The molecule has 0 aliphatic carbocycles. The van der Waals surface area contributed by atoms with Gasteiger partial charge in [-0.15, -0.1) is 0 Å². The second-order valence-electron chi connectivity index (χ2n) is 7.69. The van der Waals surface area contributed by atoms with Crippen LogP contribution in [0.25, 0.3) is 10.8 Å². The molecule has 0 spiro atoms. The van der Waals surface area contributed by atoms with Crippen LogP contribution >= 0.6 is 0 Å². The minimum absolute atomic E-state index is 0.134. The molecule has 0 unspecified atom stereocenters. The van der Waals surface area contributed by atoms with E-state index in [2.05, 4.69) is 10.5 Å². The van der Waals surface area contributed by atoms with Gasteiger partial charge in [-0.3, -0.25) is 14.9 Å². The highest BCUT2D eigenvalue weighted by atomic mass is 16.6. The number of nitro benzene ring substituents is 1. The van der Waals surface area contributed by atoms with E-state index in [4.69, 9.17) is 14.2 Å². The predicted molar refractivity (Wildman–Crippen MR) is 136 cm³/mol. The van der Waals surface area contributed by atoms with E-state index in [9.17, 15) is 19.7 Å². The Labute approximate surface area is 211 Å². The van der Waals surface area contributed by atoms with E-state index >= 15 is 0 Å². The molecule has 10 nitrogen and oxygen atoms in total. The summed E-state index contributed by atoms with van der Waals surface area (Å²) in [5.74, 6) is -0.166. The van der Waals surface area contributed by atoms with Crippen LogP contribution in [0.15, 0.2) is 90.0 Å². The Bertz CT molecular complexity index is 1480. The number of amides is 1. The molecule has 4 rings (SSSR count). The van der Waals surface area contributed by atoms with Crippen molar-refractivity contribution in [1.29, 1.82) is 0 Å². The summed E-state index contributed by atoms with van der Waals surface area (Å²) in [6.07, 6.45) is 1.40. The van der Waals surface area contributed by atoms with Crippen LogP contribution in [0.1, 0.15) is 15.9 Å². The van der Waals surface area contributed by atoms with Crippen molar-refractivity contribution in [2.75, 3.05) is 13.7 Å². The number of carbonyl (C=O) groups is 2. The quantitative estimate of drug-likeness (QED) is 0.118. The second kappa shape index (κ2) is 11.5. The van der Waals surface area contributed by atoms with Gasteiger partial charge in [-0.1, -0.05) is 30.3 Å². The summed E-state index contributed by atoms with van der Waals surface area (Å²) < 4.78 is 16.2. The number of carbonyl (C=O) groups excluding carboxylic acids is 2. The SMILES string of the molecule is COc1cc(/C=N/NC(=O)COc2ccc3ccccc3c2)ccc1OC(=O)c1ccc([N+](=O)[O-])cc1. The van der Waals surface area contributed by atoms with Gasteiger partial charge in [0.15, 0.2) is 18.1 Å². The van der Waals surface area contributed by atoms with Gasteiger partial charge in [0, 0.05) is 12.1 Å². The fourth-order valence-corrected chi connectivity index (χ4v) is 3.34. The van der Waals surface area contributed by atoms with Crippen molar-refractivity contribution >= 4 is 34.6 Å². The number of hydrogen-bond acceptors (Lipinski definition) is 8. The van der Waals surface area contributed by atoms with Crippen molar-refractivity contribution in [2.24, 2.45) is 5.10 Å². The molecule has 0 heterocycles. The number of nitrogens with one attached hydrogen (secondary N) is 1. The van der Waals surface area contributed by atoms with Crippen LogP contribution in [0.5, 0.6) is 17.2 Å². The van der Waals surface area contributed by atoms with Crippen LogP contribution in [-0.4, -0.2) is 36.7 Å². The Morgan fingerprint density at radius 3 is 2.43 bits per heavy atom. The van der Waals surface area contributed by atoms with Crippen LogP contribution in [0.4, 0.5) is 5.69 Å². The normalized spacial score (nSPS) is 10.7. The molecule has 0 bridgehead atoms. The lowest BCUT2D eigenvalue weighted by atomic mass is 10.1. The first-order valence-electron chi connectivity index (χ1n) is 11.0. The maximum absolute atomic E-state index is 12.4. The third-order valence-corrected chi connectivity index (χ3v) is 5.20. The van der Waals surface area contributed by atoms with Gasteiger partial charge < -0.3 is 14.2 Å². The first-order chi connectivity index (χ1) is 17.9. The maximum atomic E-state index is 12.4. The third-order valence-electron chi connectivity index (χ3n) is 5.20. The van der Waals surface area contributed by atoms with E-state index in [0.717, 1.165) is 10.8 Å². The number of ether oxygens (including phenoxy) is 3. The number of nitrogens with zero attached hydrogens (tertiary/aromatic N) is 2. The smallest absolute Gasteiger partial charge is 0.343 e. The minimum Gasteiger partial charge on any atom is -0.493 e. The zero-order valence-electron chi connectivity index (χ0n) is 19.6. The Balaban J connectivity index is 1.32. The summed E-state index contributed by atoms with van der Waals surface area (Å²) >= 11 is 0. The summed E-state index contributed by atoms with van der Waals surface area (Å²) in [6, 6.07) is 23.1. The average Bonchev–Trinajstić information content (AvgIpc) is 2.92. The molecule has 0 radical (unpaired) electrons. The molecule has 0 atom stereocenters. The van der Waals surface area contributed by atoms with Crippen molar-refractivity contribution in [3.63, 3.8) is 0 Å². The molecule has 0 saturated heterocycles. The number of hydrogen-bond donors (Lipinski definition) is 1. The van der Waals surface area contributed by atoms with Gasteiger partial charge in [-0.2, -0.15) is 5.10 Å². The molecule has 186 valence electrons. The maximum Gasteiger partial charge on any atom is 0.343 e. The Morgan fingerprint density at radius 2 is 1.70 bits per heavy atom. The molecule has 37 heavy (non-hydrogen) atoms. The van der Waals surface area contributed by atoms with E-state index in [1.807, 2.05) is 36.4 Å². The van der Waals surface area contributed by atoms with Crippen LogP contribution in [-0.2, 0) is 4.79 Å². The standard InChI is InChI=1S/C27H21N3O7/c1-35-25-14-18(6-13-24(25)37-27(32)20-7-10-22(11-8-20)30(33)34)16-28-29-26(31)17-36-23-12-9-19-4-2-3-5-21(19)15-23/h2-16H,17H2,1H3,(H,29,31)/b28-16+. The molecule has 1 amide bonds. The summed E-state index contributed by atoms with van der Waals surface area (Å²) in [4.78, 5) is 34.7. The van der Waals surface area contributed by atoms with Crippen molar-refractivity contribution < 1.29 is 28.7 Å². The topological polar surface area (TPSA) is 129 Å². The molecule has 0 saturated carbocycles. The Morgan fingerprint density at radius 1 is 0.946 bits per heavy atom. The number of non-ortho nitro benzene ring substituents is 1. The Hall–Kier alpha value is -5.25.